The average molecular weight is 326 g/mol. The molecule has 1 fully saturated rings. The van der Waals surface area contributed by atoms with Gasteiger partial charge in [-0.3, -0.25) is 9.20 Å². The van der Waals surface area contributed by atoms with Crippen molar-refractivity contribution in [2.75, 3.05) is 13.1 Å². The highest BCUT2D eigenvalue weighted by Gasteiger charge is 2.21. The van der Waals surface area contributed by atoms with Gasteiger partial charge in [0.2, 0.25) is 0 Å². The average Bonchev–Trinajstić information content (AvgIpc) is 3.29. The normalized spacial score (nSPS) is 17.7. The second-order valence-corrected chi connectivity index (χ2v) is 6.66. The topological polar surface area (TPSA) is 58.4 Å². The maximum atomic E-state index is 12.6. The predicted octanol–water partition coefficient (Wildman–Crippen LogP) is 2.40. The molecule has 0 aliphatic carbocycles. The molecule has 2 aromatic heterocycles. The van der Waals surface area contributed by atoms with Gasteiger partial charge in [0.1, 0.15) is 0 Å². The van der Waals surface area contributed by atoms with E-state index in [1.807, 2.05) is 40.4 Å². The van der Waals surface area contributed by atoms with Gasteiger partial charge >= 0.3 is 0 Å². The molecule has 0 radical (unpaired) electrons. The highest BCUT2D eigenvalue weighted by molar-refractivity contribution is 7.15. The van der Waals surface area contributed by atoms with E-state index in [1.165, 1.54) is 0 Å². The molecule has 0 bridgehead atoms. The molecular weight excluding hydrogens is 308 g/mol. The number of nitrogens with zero attached hydrogens (tertiary/aromatic N) is 2. The highest BCUT2D eigenvalue weighted by atomic mass is 32.1. The Hall–Kier alpha value is -2.18. The molecule has 1 aliphatic rings. The summed E-state index contributed by atoms with van der Waals surface area (Å²) in [6.45, 7) is 2.41. The Morgan fingerprint density at radius 1 is 1.43 bits per heavy atom. The first kappa shape index (κ1) is 14.4. The van der Waals surface area contributed by atoms with E-state index in [0.717, 1.165) is 41.3 Å². The van der Waals surface area contributed by atoms with E-state index in [1.54, 1.807) is 11.3 Å². The zero-order chi connectivity index (χ0) is 15.6. The molecule has 2 N–H and O–H groups in total. The maximum Gasteiger partial charge on any atom is 0.251 e. The molecular formula is C17H18N4OS. The summed E-state index contributed by atoms with van der Waals surface area (Å²) in [5.74, 6) is 0.402. The Morgan fingerprint density at radius 2 is 2.35 bits per heavy atom. The number of aromatic nitrogens is 2. The van der Waals surface area contributed by atoms with E-state index in [2.05, 4.69) is 21.7 Å². The zero-order valence-electron chi connectivity index (χ0n) is 12.7. The van der Waals surface area contributed by atoms with Crippen molar-refractivity contribution < 1.29 is 4.79 Å². The summed E-state index contributed by atoms with van der Waals surface area (Å²) in [7, 11) is 0. The van der Waals surface area contributed by atoms with Gasteiger partial charge in [-0.15, -0.1) is 11.3 Å². The van der Waals surface area contributed by atoms with E-state index < -0.39 is 0 Å². The van der Waals surface area contributed by atoms with Gasteiger partial charge in [-0.2, -0.15) is 0 Å². The lowest BCUT2D eigenvalue weighted by atomic mass is 9.93. The van der Waals surface area contributed by atoms with Gasteiger partial charge in [0.05, 0.1) is 12.2 Å². The molecule has 1 unspecified atom stereocenters. The Labute approximate surface area is 138 Å². The van der Waals surface area contributed by atoms with Gasteiger partial charge in [-0.1, -0.05) is 18.2 Å². The van der Waals surface area contributed by atoms with Crippen LogP contribution in [0.4, 0.5) is 0 Å². The van der Waals surface area contributed by atoms with Crippen LogP contribution in [0.25, 0.3) is 4.96 Å². The summed E-state index contributed by atoms with van der Waals surface area (Å²) in [5, 5.41) is 8.36. The van der Waals surface area contributed by atoms with Crippen molar-refractivity contribution in [2.24, 2.45) is 0 Å². The van der Waals surface area contributed by atoms with E-state index >= 15 is 0 Å². The molecule has 0 saturated carbocycles. The molecule has 5 nitrogen and oxygen atoms in total. The first-order valence-electron chi connectivity index (χ1n) is 7.80. The fourth-order valence-electron chi connectivity index (χ4n) is 3.11. The Morgan fingerprint density at radius 3 is 3.17 bits per heavy atom. The summed E-state index contributed by atoms with van der Waals surface area (Å²) in [4.78, 5) is 18.0. The lowest BCUT2D eigenvalue weighted by molar-refractivity contribution is 0.0949. The smallest absolute Gasteiger partial charge is 0.251 e. The van der Waals surface area contributed by atoms with E-state index in [-0.39, 0.29) is 5.91 Å². The van der Waals surface area contributed by atoms with Crippen LogP contribution in [-0.2, 0) is 6.54 Å². The fraction of sp³-hybridized carbons (Fsp3) is 0.294. The standard InChI is InChI=1S/C17H18N4OS/c22-16(19-10-13-11-21-7-8-23-17(21)20-13)15-4-2-1-3-14(15)12-5-6-18-9-12/h1-4,7-8,11-12,18H,5-6,9-10H2,(H,19,22). The lowest BCUT2D eigenvalue weighted by Crippen LogP contribution is -2.25. The van der Waals surface area contributed by atoms with E-state index in [0.29, 0.717) is 12.5 Å². The van der Waals surface area contributed by atoms with Crippen molar-refractivity contribution in [3.8, 4) is 0 Å². The van der Waals surface area contributed by atoms with Crippen LogP contribution in [0.2, 0.25) is 0 Å². The molecule has 4 rings (SSSR count). The summed E-state index contributed by atoms with van der Waals surface area (Å²) < 4.78 is 1.98. The Balaban J connectivity index is 1.49. The van der Waals surface area contributed by atoms with Gasteiger partial charge in [-0.05, 0) is 30.5 Å². The van der Waals surface area contributed by atoms with Gasteiger partial charge < -0.3 is 10.6 Å². The molecule has 6 heteroatoms. The second kappa shape index (κ2) is 6.14. The summed E-state index contributed by atoms with van der Waals surface area (Å²) >= 11 is 1.59. The number of carbonyl (C=O) groups excluding carboxylic acids is 1. The Kier molecular flexibility index (Phi) is 3.85. The number of amides is 1. The minimum atomic E-state index is -0.0242. The number of nitrogens with one attached hydrogen (secondary N) is 2. The number of carbonyl (C=O) groups is 1. The molecule has 118 valence electrons. The van der Waals surface area contributed by atoms with Gasteiger partial charge in [0.25, 0.3) is 5.91 Å². The van der Waals surface area contributed by atoms with E-state index in [4.69, 9.17) is 0 Å². The molecule has 1 amide bonds. The first-order valence-corrected chi connectivity index (χ1v) is 8.68. The van der Waals surface area contributed by atoms with Gasteiger partial charge in [0, 0.05) is 29.9 Å². The first-order chi connectivity index (χ1) is 11.3. The Bertz CT molecular complexity index is 803. The third kappa shape index (κ3) is 2.87. The number of fused-ring (bicyclic) bond motifs is 1. The highest BCUT2D eigenvalue weighted by Crippen LogP contribution is 2.25. The van der Waals surface area contributed by atoms with Gasteiger partial charge in [-0.25, -0.2) is 4.98 Å². The summed E-state index contributed by atoms with van der Waals surface area (Å²) in [6.07, 6.45) is 5.02. The van der Waals surface area contributed by atoms with Crippen LogP contribution in [0.5, 0.6) is 0 Å². The number of hydrogen-bond acceptors (Lipinski definition) is 4. The number of hydrogen-bond donors (Lipinski definition) is 2. The van der Waals surface area contributed by atoms with Crippen molar-refractivity contribution in [1.82, 2.24) is 20.0 Å². The molecule has 1 aromatic carbocycles. The molecule has 3 heterocycles. The van der Waals surface area contributed by atoms with Gasteiger partial charge in [0.15, 0.2) is 4.96 Å². The molecule has 1 aliphatic heterocycles. The molecule has 0 spiro atoms. The lowest BCUT2D eigenvalue weighted by Gasteiger charge is -2.14. The van der Waals surface area contributed by atoms with Crippen molar-refractivity contribution in [2.45, 2.75) is 18.9 Å². The summed E-state index contributed by atoms with van der Waals surface area (Å²) in [5.41, 5.74) is 2.80. The molecule has 1 saturated heterocycles. The predicted molar refractivity (Wildman–Crippen MR) is 90.9 cm³/mol. The minimum Gasteiger partial charge on any atom is -0.346 e. The van der Waals surface area contributed by atoms with Crippen LogP contribution in [0.3, 0.4) is 0 Å². The van der Waals surface area contributed by atoms with Crippen LogP contribution < -0.4 is 10.6 Å². The van der Waals surface area contributed by atoms with Crippen molar-refractivity contribution in [3.63, 3.8) is 0 Å². The van der Waals surface area contributed by atoms with E-state index in [9.17, 15) is 4.79 Å². The summed E-state index contributed by atoms with van der Waals surface area (Å²) in [6, 6.07) is 7.91. The van der Waals surface area contributed by atoms with Crippen molar-refractivity contribution in [1.29, 1.82) is 0 Å². The quantitative estimate of drug-likeness (QED) is 0.774. The zero-order valence-corrected chi connectivity index (χ0v) is 13.5. The number of imidazole rings is 1. The monoisotopic (exact) mass is 326 g/mol. The minimum absolute atomic E-state index is 0.0242. The fourth-order valence-corrected chi connectivity index (χ4v) is 3.83. The van der Waals surface area contributed by atoms with Crippen LogP contribution >= 0.6 is 11.3 Å². The molecule has 1 atom stereocenters. The third-order valence-corrected chi connectivity index (χ3v) is 5.05. The van der Waals surface area contributed by atoms with Crippen LogP contribution in [-0.4, -0.2) is 28.4 Å². The maximum absolute atomic E-state index is 12.6. The third-order valence-electron chi connectivity index (χ3n) is 4.28. The molecule has 23 heavy (non-hydrogen) atoms. The second-order valence-electron chi connectivity index (χ2n) is 5.78. The number of thiazole rings is 1. The number of benzene rings is 1. The number of rotatable bonds is 4. The van der Waals surface area contributed by atoms with Crippen molar-refractivity contribution in [3.05, 3.63) is 58.9 Å². The van der Waals surface area contributed by atoms with Crippen LogP contribution in [0.15, 0.2) is 42.0 Å². The van der Waals surface area contributed by atoms with Crippen LogP contribution in [0, 0.1) is 0 Å². The van der Waals surface area contributed by atoms with Crippen molar-refractivity contribution >= 4 is 22.2 Å². The molecule has 3 aromatic rings. The largest absolute Gasteiger partial charge is 0.346 e. The SMILES string of the molecule is O=C(NCc1cn2ccsc2n1)c1ccccc1C1CCNC1. The van der Waals surface area contributed by atoms with Crippen LogP contribution in [0.1, 0.15) is 34.0 Å².